The number of anilines is 1. The second kappa shape index (κ2) is 7.91. The van der Waals surface area contributed by atoms with Gasteiger partial charge in [-0.1, -0.05) is 53.5 Å². The average Bonchev–Trinajstić information content (AvgIpc) is 3.42. The summed E-state index contributed by atoms with van der Waals surface area (Å²) in [5, 5.41) is 1.80. The molecule has 0 atom stereocenters. The highest BCUT2D eigenvalue weighted by Gasteiger charge is 2.27. The van der Waals surface area contributed by atoms with Crippen molar-refractivity contribution in [1.82, 2.24) is 9.88 Å². The van der Waals surface area contributed by atoms with E-state index in [0.717, 1.165) is 29.5 Å². The zero-order chi connectivity index (χ0) is 21.5. The minimum atomic E-state index is -0.194. The monoisotopic (exact) mass is 451 g/mol. The first-order valence-corrected chi connectivity index (χ1v) is 10.8. The molecule has 2 N–H and O–H groups in total. The Morgan fingerprint density at radius 2 is 1.71 bits per heavy atom. The lowest BCUT2D eigenvalue weighted by molar-refractivity contribution is 0.0764. The zero-order valence-corrected chi connectivity index (χ0v) is 18.1. The summed E-state index contributed by atoms with van der Waals surface area (Å²) in [6, 6.07) is 16.9. The molecule has 1 aliphatic heterocycles. The first-order chi connectivity index (χ1) is 15.0. The SMILES string of the molecule is Nc1c(C(=O)N2CCCC2)oc2nc(-c3ccccc3Cl)c(-c3ccc(Cl)cc3)cc12. The van der Waals surface area contributed by atoms with Crippen molar-refractivity contribution in [1.29, 1.82) is 0 Å². The van der Waals surface area contributed by atoms with E-state index in [9.17, 15) is 4.79 Å². The summed E-state index contributed by atoms with van der Waals surface area (Å²) in [4.78, 5) is 19.5. The van der Waals surface area contributed by atoms with Gasteiger partial charge in [-0.25, -0.2) is 4.98 Å². The number of likely N-dealkylation sites (tertiary alicyclic amines) is 1. The highest BCUT2D eigenvalue weighted by atomic mass is 35.5. The molecule has 2 aromatic carbocycles. The predicted octanol–water partition coefficient (Wildman–Crippen LogP) is 6.29. The lowest BCUT2D eigenvalue weighted by atomic mass is 9.98. The van der Waals surface area contributed by atoms with Gasteiger partial charge in [-0.15, -0.1) is 0 Å². The van der Waals surface area contributed by atoms with Crippen LogP contribution in [0.15, 0.2) is 59.0 Å². The first-order valence-electron chi connectivity index (χ1n) is 10.1. The van der Waals surface area contributed by atoms with Crippen LogP contribution in [0.5, 0.6) is 0 Å². The molecule has 1 saturated heterocycles. The fourth-order valence-corrected chi connectivity index (χ4v) is 4.32. The molecule has 0 bridgehead atoms. The predicted molar refractivity (Wildman–Crippen MR) is 124 cm³/mol. The van der Waals surface area contributed by atoms with Gasteiger partial charge in [0, 0.05) is 34.3 Å². The van der Waals surface area contributed by atoms with Crippen molar-refractivity contribution in [2.75, 3.05) is 18.8 Å². The van der Waals surface area contributed by atoms with Gasteiger partial charge in [0.1, 0.15) is 0 Å². The van der Waals surface area contributed by atoms with Crippen LogP contribution in [-0.4, -0.2) is 28.9 Å². The number of furan rings is 1. The summed E-state index contributed by atoms with van der Waals surface area (Å²) in [6.07, 6.45) is 1.98. The van der Waals surface area contributed by atoms with Crippen molar-refractivity contribution in [2.24, 2.45) is 0 Å². The van der Waals surface area contributed by atoms with E-state index in [1.165, 1.54) is 0 Å². The zero-order valence-electron chi connectivity index (χ0n) is 16.6. The Bertz CT molecular complexity index is 1290. The number of nitrogen functional groups attached to an aromatic ring is 1. The lowest BCUT2D eigenvalue weighted by Gasteiger charge is -2.13. The van der Waals surface area contributed by atoms with Crippen LogP contribution in [0.1, 0.15) is 23.4 Å². The largest absolute Gasteiger partial charge is 0.430 e. The van der Waals surface area contributed by atoms with Gasteiger partial charge in [0.15, 0.2) is 0 Å². The second-order valence-electron chi connectivity index (χ2n) is 7.57. The molecule has 5 rings (SSSR count). The molecular formula is C24H19Cl2N3O2. The van der Waals surface area contributed by atoms with Crippen LogP contribution >= 0.6 is 23.2 Å². The third kappa shape index (κ3) is 3.54. The molecule has 31 heavy (non-hydrogen) atoms. The van der Waals surface area contributed by atoms with E-state index in [0.29, 0.717) is 45.6 Å². The number of carbonyl (C=O) groups excluding carboxylic acids is 1. The molecule has 7 heteroatoms. The molecule has 0 aliphatic carbocycles. The fraction of sp³-hybridized carbons (Fsp3) is 0.167. The number of hydrogen-bond acceptors (Lipinski definition) is 4. The Kier molecular flexibility index (Phi) is 5.08. The highest BCUT2D eigenvalue weighted by molar-refractivity contribution is 6.33. The number of rotatable bonds is 3. The Hall–Kier alpha value is -3.02. The minimum Gasteiger partial charge on any atom is -0.430 e. The van der Waals surface area contributed by atoms with Gasteiger partial charge in [0.25, 0.3) is 5.91 Å². The van der Waals surface area contributed by atoms with E-state index in [-0.39, 0.29) is 11.7 Å². The number of pyridine rings is 1. The Morgan fingerprint density at radius 3 is 2.42 bits per heavy atom. The van der Waals surface area contributed by atoms with Gasteiger partial charge < -0.3 is 15.1 Å². The number of fused-ring (bicyclic) bond motifs is 1. The quantitative estimate of drug-likeness (QED) is 0.397. The molecule has 3 heterocycles. The van der Waals surface area contributed by atoms with Crippen LogP contribution in [0.2, 0.25) is 10.0 Å². The van der Waals surface area contributed by atoms with Crippen LogP contribution < -0.4 is 5.73 Å². The van der Waals surface area contributed by atoms with Crippen LogP contribution in [0.25, 0.3) is 33.5 Å². The van der Waals surface area contributed by atoms with Gasteiger partial charge in [-0.3, -0.25) is 4.79 Å². The van der Waals surface area contributed by atoms with Crippen molar-refractivity contribution in [3.05, 3.63) is 70.4 Å². The molecule has 0 saturated carbocycles. The Balaban J connectivity index is 1.73. The molecule has 0 radical (unpaired) electrons. The minimum absolute atomic E-state index is 0.141. The van der Waals surface area contributed by atoms with Gasteiger partial charge in [-0.2, -0.15) is 0 Å². The van der Waals surface area contributed by atoms with Crippen molar-refractivity contribution in [3.63, 3.8) is 0 Å². The molecule has 5 nitrogen and oxygen atoms in total. The molecule has 0 unspecified atom stereocenters. The number of hydrogen-bond donors (Lipinski definition) is 1. The Labute approximate surface area is 189 Å². The summed E-state index contributed by atoms with van der Waals surface area (Å²) in [5.74, 6) is -0.0527. The summed E-state index contributed by atoms with van der Waals surface area (Å²) in [7, 11) is 0. The van der Waals surface area contributed by atoms with Gasteiger partial charge in [0.05, 0.1) is 16.8 Å². The van der Waals surface area contributed by atoms with E-state index in [4.69, 9.17) is 38.3 Å². The van der Waals surface area contributed by atoms with Gasteiger partial charge in [0.2, 0.25) is 11.5 Å². The fourth-order valence-electron chi connectivity index (χ4n) is 3.97. The molecule has 1 fully saturated rings. The lowest BCUT2D eigenvalue weighted by Crippen LogP contribution is -2.27. The molecule has 1 aliphatic rings. The first kappa shape index (κ1) is 19.9. The molecule has 156 valence electrons. The van der Waals surface area contributed by atoms with Crippen molar-refractivity contribution in [3.8, 4) is 22.4 Å². The Morgan fingerprint density at radius 1 is 1.00 bits per heavy atom. The molecule has 2 aromatic heterocycles. The third-order valence-electron chi connectivity index (χ3n) is 5.59. The van der Waals surface area contributed by atoms with Crippen LogP contribution in [-0.2, 0) is 0 Å². The molecular weight excluding hydrogens is 433 g/mol. The molecule has 0 spiro atoms. The van der Waals surface area contributed by atoms with E-state index in [1.807, 2.05) is 54.6 Å². The van der Waals surface area contributed by atoms with Crippen molar-refractivity contribution < 1.29 is 9.21 Å². The third-order valence-corrected chi connectivity index (χ3v) is 6.17. The van der Waals surface area contributed by atoms with Crippen LogP contribution in [0.3, 0.4) is 0 Å². The standard InChI is InChI=1S/C24H19Cl2N3O2/c25-15-9-7-14(8-10-15)17-13-18-20(27)22(24(30)29-11-3-4-12-29)31-23(18)28-21(17)16-5-1-2-6-19(16)26/h1-2,5-10,13H,3-4,11-12,27H2. The summed E-state index contributed by atoms with van der Waals surface area (Å²) >= 11 is 12.6. The van der Waals surface area contributed by atoms with Crippen LogP contribution in [0, 0.1) is 0 Å². The van der Waals surface area contributed by atoms with E-state index < -0.39 is 0 Å². The van der Waals surface area contributed by atoms with E-state index in [1.54, 1.807) is 4.90 Å². The highest BCUT2D eigenvalue weighted by Crippen LogP contribution is 2.40. The summed E-state index contributed by atoms with van der Waals surface area (Å²) in [5.41, 5.74) is 10.1. The summed E-state index contributed by atoms with van der Waals surface area (Å²) < 4.78 is 5.89. The number of amides is 1. The number of benzene rings is 2. The van der Waals surface area contributed by atoms with Gasteiger partial charge in [-0.05, 0) is 42.7 Å². The van der Waals surface area contributed by atoms with Crippen molar-refractivity contribution >= 4 is 45.9 Å². The number of aromatic nitrogens is 1. The number of carbonyl (C=O) groups is 1. The molecule has 1 amide bonds. The van der Waals surface area contributed by atoms with E-state index in [2.05, 4.69) is 0 Å². The maximum Gasteiger partial charge on any atom is 0.291 e. The van der Waals surface area contributed by atoms with Gasteiger partial charge >= 0.3 is 0 Å². The topological polar surface area (TPSA) is 72.4 Å². The average molecular weight is 452 g/mol. The molecule has 4 aromatic rings. The number of nitrogens with zero attached hydrogens (tertiary/aromatic N) is 2. The van der Waals surface area contributed by atoms with Crippen molar-refractivity contribution in [2.45, 2.75) is 12.8 Å². The van der Waals surface area contributed by atoms with Crippen LogP contribution in [0.4, 0.5) is 5.69 Å². The number of halogens is 2. The number of nitrogens with two attached hydrogens (primary N) is 1. The maximum atomic E-state index is 12.9. The maximum absolute atomic E-state index is 12.9. The smallest absolute Gasteiger partial charge is 0.291 e. The normalized spacial score (nSPS) is 13.8. The second-order valence-corrected chi connectivity index (χ2v) is 8.41. The summed E-state index contributed by atoms with van der Waals surface area (Å²) in [6.45, 7) is 1.42. The van der Waals surface area contributed by atoms with E-state index >= 15 is 0 Å².